The molecule has 0 bridgehead atoms. The Balaban J connectivity index is 1.39. The van der Waals surface area contributed by atoms with Crippen molar-refractivity contribution in [2.45, 2.75) is 18.8 Å². The molecule has 48 heavy (non-hydrogen) atoms. The molecule has 0 unspecified atom stereocenters. The summed E-state index contributed by atoms with van der Waals surface area (Å²) in [5.41, 5.74) is -0.0983. The number of allylic oxidation sites excluding steroid dienone is 6. The summed E-state index contributed by atoms with van der Waals surface area (Å²) >= 11 is 3.21. The first kappa shape index (κ1) is 31.1. The lowest BCUT2D eigenvalue weighted by Gasteiger charge is -2.42. The Morgan fingerprint density at radius 2 is 1.56 bits per heavy atom. The summed E-state index contributed by atoms with van der Waals surface area (Å²) in [6.07, 6.45) is 3.12. The summed E-state index contributed by atoms with van der Waals surface area (Å²) in [5, 5.41) is 35.9. The van der Waals surface area contributed by atoms with Gasteiger partial charge in [-0.15, -0.1) is 0 Å². The van der Waals surface area contributed by atoms with E-state index in [1.54, 1.807) is 30.3 Å². The molecule has 2 amide bonds. The summed E-state index contributed by atoms with van der Waals surface area (Å²) in [6.45, 7) is 0. The molecule has 1 N–H and O–H groups in total. The molecule has 13 nitrogen and oxygen atoms in total. The van der Waals surface area contributed by atoms with Gasteiger partial charge in [-0.25, -0.2) is 4.90 Å². The standard InChI is InChI=1S/C34H25BrN4O9/c1-36(2)31-24(38(45)46)11-15(12-25(31)39(47)48)37-33(43)20-8-7-19-21(29(20)34(37)44)13-22-30(27(41)14-23(35)32(22)42)28(19)18-9-10-26(40)17-6-4-3-5-16(17)18/h3-7,9-12,14,20-21,28-29,40H,8,13H2,1-2H3/t20-,21+,28-,29-/m0/s1. The van der Waals surface area contributed by atoms with Gasteiger partial charge < -0.3 is 10.0 Å². The second kappa shape index (κ2) is 11.0. The molecule has 1 heterocycles. The summed E-state index contributed by atoms with van der Waals surface area (Å²) in [7, 11) is 2.82. The van der Waals surface area contributed by atoms with Crippen LogP contribution in [0, 0.1) is 38.0 Å². The number of imide groups is 1. The number of ketones is 2. The summed E-state index contributed by atoms with van der Waals surface area (Å²) < 4.78 is 0.0661. The Labute approximate surface area is 280 Å². The zero-order valence-electron chi connectivity index (χ0n) is 25.4. The maximum Gasteiger partial charge on any atom is 0.301 e. The quantitative estimate of drug-likeness (QED) is 0.118. The number of fused-ring (bicyclic) bond motifs is 4. The van der Waals surface area contributed by atoms with Gasteiger partial charge in [0.1, 0.15) is 5.75 Å². The highest BCUT2D eigenvalue weighted by Gasteiger charge is 2.57. The van der Waals surface area contributed by atoms with E-state index in [0.29, 0.717) is 21.9 Å². The van der Waals surface area contributed by atoms with Crippen molar-refractivity contribution in [3.63, 3.8) is 0 Å². The smallest absolute Gasteiger partial charge is 0.301 e. The van der Waals surface area contributed by atoms with Gasteiger partial charge in [-0.2, -0.15) is 0 Å². The van der Waals surface area contributed by atoms with Gasteiger partial charge in [0, 0.05) is 54.8 Å². The second-order valence-electron chi connectivity index (χ2n) is 12.4. The number of anilines is 2. The van der Waals surface area contributed by atoms with Gasteiger partial charge in [0.15, 0.2) is 17.3 Å². The van der Waals surface area contributed by atoms with E-state index in [1.807, 2.05) is 6.08 Å². The van der Waals surface area contributed by atoms with Crippen LogP contribution in [0.15, 0.2) is 81.9 Å². The van der Waals surface area contributed by atoms with Gasteiger partial charge in [-0.1, -0.05) is 42.0 Å². The van der Waals surface area contributed by atoms with Gasteiger partial charge in [0.25, 0.3) is 0 Å². The van der Waals surface area contributed by atoms with Crippen LogP contribution >= 0.6 is 15.9 Å². The van der Waals surface area contributed by atoms with Crippen LogP contribution in [0.5, 0.6) is 5.75 Å². The molecule has 1 fully saturated rings. The molecule has 14 heteroatoms. The number of amides is 2. The van der Waals surface area contributed by atoms with Crippen molar-refractivity contribution in [3.05, 3.63) is 108 Å². The third-order valence-corrected chi connectivity index (χ3v) is 10.3. The lowest BCUT2D eigenvalue weighted by molar-refractivity contribution is -0.392. The van der Waals surface area contributed by atoms with Crippen molar-refractivity contribution < 1.29 is 34.1 Å². The zero-order valence-corrected chi connectivity index (χ0v) is 27.0. The number of halogens is 1. The number of phenols is 1. The SMILES string of the molecule is CN(C)c1c([N+](=O)[O-])cc(N2C(=O)[C@H]3[C@H](CC=C4[C@H](c5ccc(O)c6ccccc56)C5=C(C[C@H]43)C(=O)C(Br)=CC5=O)C2=O)cc1[N+](=O)[O-]. The van der Waals surface area contributed by atoms with E-state index in [2.05, 4.69) is 15.9 Å². The maximum atomic E-state index is 14.4. The highest BCUT2D eigenvalue weighted by Crippen LogP contribution is 2.57. The number of aromatic hydroxyl groups is 1. The highest BCUT2D eigenvalue weighted by molar-refractivity contribution is 9.12. The molecule has 4 aliphatic rings. The third kappa shape index (κ3) is 4.43. The molecule has 1 saturated heterocycles. The van der Waals surface area contributed by atoms with Crippen LogP contribution in [0.25, 0.3) is 10.8 Å². The van der Waals surface area contributed by atoms with E-state index in [1.165, 1.54) is 31.1 Å². The van der Waals surface area contributed by atoms with E-state index >= 15 is 0 Å². The van der Waals surface area contributed by atoms with Gasteiger partial charge in [-0.3, -0.25) is 39.4 Å². The average molecular weight is 713 g/mol. The number of nitrogens with zero attached hydrogens (tertiary/aromatic N) is 4. The molecule has 0 spiro atoms. The van der Waals surface area contributed by atoms with E-state index < -0.39 is 62.5 Å². The van der Waals surface area contributed by atoms with Crippen LogP contribution in [0.3, 0.4) is 0 Å². The lowest BCUT2D eigenvalue weighted by Crippen LogP contribution is -2.39. The third-order valence-electron chi connectivity index (χ3n) is 9.73. The largest absolute Gasteiger partial charge is 0.507 e. The zero-order chi connectivity index (χ0) is 34.3. The molecule has 242 valence electrons. The second-order valence-corrected chi connectivity index (χ2v) is 13.2. The molecule has 7 rings (SSSR count). The topological polar surface area (TPSA) is 181 Å². The molecule has 4 atom stereocenters. The fourth-order valence-corrected chi connectivity index (χ4v) is 8.28. The number of carbonyl (C=O) groups excluding carboxylic acids is 4. The minimum Gasteiger partial charge on any atom is -0.507 e. The van der Waals surface area contributed by atoms with Crippen molar-refractivity contribution >= 4 is 72.8 Å². The number of Topliss-reactive ketones (excluding diaryl/α,β-unsaturated/α-hetero) is 1. The molecule has 0 aromatic heterocycles. The fourth-order valence-electron chi connectivity index (χ4n) is 7.83. The number of nitro groups is 2. The molecular weight excluding hydrogens is 688 g/mol. The van der Waals surface area contributed by atoms with Crippen molar-refractivity contribution in [2.75, 3.05) is 23.9 Å². The number of phenolic OH excluding ortho intramolecular Hbond substituents is 1. The van der Waals surface area contributed by atoms with Crippen LogP contribution in [-0.4, -0.2) is 52.4 Å². The van der Waals surface area contributed by atoms with E-state index in [9.17, 15) is 44.5 Å². The van der Waals surface area contributed by atoms with Gasteiger partial charge in [0.2, 0.25) is 11.8 Å². The minimum absolute atomic E-state index is 0.0188. The number of carbonyl (C=O) groups is 4. The molecule has 3 aromatic rings. The Kier molecular flexibility index (Phi) is 7.16. The fraction of sp³-hybridized carbons (Fsp3) is 0.235. The van der Waals surface area contributed by atoms with Crippen LogP contribution < -0.4 is 9.80 Å². The number of hydrogen-bond acceptors (Lipinski definition) is 10. The van der Waals surface area contributed by atoms with E-state index in [4.69, 9.17) is 0 Å². The average Bonchev–Trinajstić information content (AvgIpc) is 3.31. The Morgan fingerprint density at radius 1 is 0.917 bits per heavy atom. The van der Waals surface area contributed by atoms with Crippen molar-refractivity contribution in [3.8, 4) is 5.75 Å². The van der Waals surface area contributed by atoms with Gasteiger partial charge in [0.05, 0.1) is 31.9 Å². The van der Waals surface area contributed by atoms with Crippen LogP contribution in [0.2, 0.25) is 0 Å². The molecular formula is C34H25BrN4O9. The van der Waals surface area contributed by atoms with Crippen LogP contribution in [-0.2, 0) is 19.2 Å². The van der Waals surface area contributed by atoms with Crippen molar-refractivity contribution in [1.29, 1.82) is 0 Å². The summed E-state index contributed by atoms with van der Waals surface area (Å²) in [6, 6.07) is 12.2. The predicted molar refractivity (Wildman–Crippen MR) is 177 cm³/mol. The molecule has 0 saturated carbocycles. The number of nitro benzene ring substituents is 2. The Hall–Kier alpha value is -5.50. The lowest BCUT2D eigenvalue weighted by atomic mass is 9.59. The van der Waals surface area contributed by atoms with Crippen molar-refractivity contribution in [1.82, 2.24) is 0 Å². The number of rotatable bonds is 5. The number of benzene rings is 3. The van der Waals surface area contributed by atoms with Gasteiger partial charge >= 0.3 is 11.4 Å². The monoisotopic (exact) mass is 712 g/mol. The first-order chi connectivity index (χ1) is 22.8. The highest BCUT2D eigenvalue weighted by atomic mass is 79.9. The van der Waals surface area contributed by atoms with Crippen LogP contribution in [0.4, 0.5) is 22.7 Å². The normalized spacial score (nSPS) is 23.4. The maximum absolute atomic E-state index is 14.4. The molecule has 3 aliphatic carbocycles. The van der Waals surface area contributed by atoms with Gasteiger partial charge in [-0.05, 0) is 51.7 Å². The molecule has 1 aliphatic heterocycles. The summed E-state index contributed by atoms with van der Waals surface area (Å²) in [5.74, 6) is -5.57. The first-order valence-corrected chi connectivity index (χ1v) is 15.7. The minimum atomic E-state index is -1.02. The first-order valence-electron chi connectivity index (χ1n) is 14.9. The Bertz CT molecular complexity index is 2130. The number of hydrogen-bond donors (Lipinski definition) is 1. The molecule has 0 radical (unpaired) electrons. The summed E-state index contributed by atoms with van der Waals surface area (Å²) in [4.78, 5) is 80.1. The molecule has 3 aromatic carbocycles. The van der Waals surface area contributed by atoms with E-state index in [0.717, 1.165) is 17.0 Å². The Morgan fingerprint density at radius 3 is 2.19 bits per heavy atom. The predicted octanol–water partition coefficient (Wildman–Crippen LogP) is 5.39. The van der Waals surface area contributed by atoms with E-state index in [-0.39, 0.29) is 51.4 Å². The van der Waals surface area contributed by atoms with Crippen LogP contribution in [0.1, 0.15) is 24.3 Å². The van der Waals surface area contributed by atoms with Crippen molar-refractivity contribution in [2.24, 2.45) is 17.8 Å².